The maximum Gasteiger partial charge on any atom is 0.236 e. The molecule has 24 heavy (non-hydrogen) atoms. The van der Waals surface area contributed by atoms with E-state index in [2.05, 4.69) is 41.7 Å². The Balaban J connectivity index is 1.64. The van der Waals surface area contributed by atoms with E-state index in [1.165, 1.54) is 11.1 Å². The van der Waals surface area contributed by atoms with Crippen LogP contribution in [0, 0.1) is 0 Å². The van der Waals surface area contributed by atoms with E-state index in [4.69, 9.17) is 4.74 Å². The van der Waals surface area contributed by atoms with Gasteiger partial charge in [-0.05, 0) is 17.5 Å². The summed E-state index contributed by atoms with van der Waals surface area (Å²) in [6.07, 6.45) is 0.862. The lowest BCUT2D eigenvalue weighted by molar-refractivity contribution is -0.134. The Bertz CT molecular complexity index is 625. The Kier molecular flexibility index (Phi) is 5.99. The third-order valence-electron chi connectivity index (χ3n) is 4.35. The van der Waals surface area contributed by atoms with Gasteiger partial charge in [0.15, 0.2) is 0 Å². The molecule has 2 aromatic carbocycles. The number of hydrogen-bond donors (Lipinski definition) is 1. The molecule has 3 rings (SSSR count). The fraction of sp³-hybridized carbons (Fsp3) is 0.350. The van der Waals surface area contributed by atoms with Gasteiger partial charge in [-0.25, -0.2) is 0 Å². The van der Waals surface area contributed by atoms with Crippen LogP contribution in [0.2, 0.25) is 0 Å². The number of ether oxygens (including phenoxy) is 1. The van der Waals surface area contributed by atoms with Gasteiger partial charge < -0.3 is 15.0 Å². The quantitative estimate of drug-likeness (QED) is 0.887. The van der Waals surface area contributed by atoms with Crippen LogP contribution in [-0.4, -0.2) is 43.7 Å². The van der Waals surface area contributed by atoms with Crippen molar-refractivity contribution in [2.75, 3.05) is 32.8 Å². The van der Waals surface area contributed by atoms with Gasteiger partial charge in [-0.2, -0.15) is 0 Å². The molecule has 1 aliphatic rings. The summed E-state index contributed by atoms with van der Waals surface area (Å²) in [5, 5.41) is 3.45. The maximum absolute atomic E-state index is 12.4. The highest BCUT2D eigenvalue weighted by Gasteiger charge is 2.19. The van der Waals surface area contributed by atoms with E-state index in [1.54, 1.807) is 0 Å². The number of nitrogens with one attached hydrogen (secondary N) is 1. The highest BCUT2D eigenvalue weighted by atomic mass is 16.5. The normalized spacial score (nSPS) is 15.9. The van der Waals surface area contributed by atoms with Crippen molar-refractivity contribution in [3.05, 3.63) is 71.8 Å². The number of amides is 1. The summed E-state index contributed by atoms with van der Waals surface area (Å²) in [5.74, 6) is 0.146. The van der Waals surface area contributed by atoms with Gasteiger partial charge in [0.25, 0.3) is 0 Å². The second kappa shape index (κ2) is 8.62. The summed E-state index contributed by atoms with van der Waals surface area (Å²) in [4.78, 5) is 14.3. The molecule has 1 N–H and O–H groups in total. The van der Waals surface area contributed by atoms with Crippen molar-refractivity contribution in [3.8, 4) is 0 Å². The van der Waals surface area contributed by atoms with Crippen LogP contribution >= 0.6 is 0 Å². The van der Waals surface area contributed by atoms with Gasteiger partial charge in [0.05, 0.1) is 19.8 Å². The standard InChI is InChI=1S/C20H24N2O2/c23-20(22-11-13-24-14-12-22)16-21-19(18-9-5-2-6-10-18)15-17-7-3-1-4-8-17/h1-10,19,21H,11-16H2/t19-/m1/s1. The first-order chi connectivity index (χ1) is 11.8. The summed E-state index contributed by atoms with van der Waals surface area (Å²) < 4.78 is 5.31. The summed E-state index contributed by atoms with van der Waals surface area (Å²) in [5.41, 5.74) is 2.47. The van der Waals surface area contributed by atoms with Crippen LogP contribution < -0.4 is 5.32 Å². The molecule has 1 fully saturated rings. The average Bonchev–Trinajstić information content (AvgIpc) is 2.67. The van der Waals surface area contributed by atoms with E-state index >= 15 is 0 Å². The van der Waals surface area contributed by atoms with Gasteiger partial charge in [0.2, 0.25) is 5.91 Å². The molecular weight excluding hydrogens is 300 g/mol. The SMILES string of the molecule is O=C(CN[C@H](Cc1ccccc1)c1ccccc1)N1CCOCC1. The van der Waals surface area contributed by atoms with Crippen molar-refractivity contribution in [3.63, 3.8) is 0 Å². The van der Waals surface area contributed by atoms with E-state index < -0.39 is 0 Å². The predicted molar refractivity (Wildman–Crippen MR) is 94.7 cm³/mol. The van der Waals surface area contributed by atoms with Gasteiger partial charge in [-0.3, -0.25) is 4.79 Å². The third kappa shape index (κ3) is 4.66. The van der Waals surface area contributed by atoms with E-state index in [9.17, 15) is 4.79 Å². The Morgan fingerprint density at radius 1 is 1.00 bits per heavy atom. The number of benzene rings is 2. The molecule has 126 valence electrons. The molecule has 0 bridgehead atoms. The van der Waals surface area contributed by atoms with E-state index in [0.717, 1.165) is 6.42 Å². The van der Waals surface area contributed by atoms with Gasteiger partial charge in [-0.15, -0.1) is 0 Å². The predicted octanol–water partition coefficient (Wildman–Crippen LogP) is 2.42. The van der Waals surface area contributed by atoms with Crippen LogP contribution in [0.1, 0.15) is 17.2 Å². The molecule has 0 aromatic heterocycles. The Morgan fingerprint density at radius 3 is 2.29 bits per heavy atom. The number of rotatable bonds is 6. The largest absolute Gasteiger partial charge is 0.378 e. The van der Waals surface area contributed by atoms with E-state index in [1.807, 2.05) is 29.2 Å². The van der Waals surface area contributed by atoms with Crippen LogP contribution in [0.4, 0.5) is 0 Å². The lowest BCUT2D eigenvalue weighted by Gasteiger charge is -2.28. The van der Waals surface area contributed by atoms with Crippen LogP contribution in [0.3, 0.4) is 0 Å². The van der Waals surface area contributed by atoms with Crippen LogP contribution in [0.5, 0.6) is 0 Å². The van der Waals surface area contributed by atoms with Crippen molar-refractivity contribution in [2.24, 2.45) is 0 Å². The second-order valence-electron chi connectivity index (χ2n) is 6.03. The van der Waals surface area contributed by atoms with Crippen molar-refractivity contribution in [1.82, 2.24) is 10.2 Å². The fourth-order valence-electron chi connectivity index (χ4n) is 2.98. The van der Waals surface area contributed by atoms with Gasteiger partial charge >= 0.3 is 0 Å². The lowest BCUT2D eigenvalue weighted by atomic mass is 9.99. The molecule has 2 aromatic rings. The first kappa shape index (κ1) is 16.7. The molecule has 0 saturated carbocycles. The maximum atomic E-state index is 12.4. The molecule has 1 saturated heterocycles. The molecule has 1 amide bonds. The Hall–Kier alpha value is -2.17. The molecule has 1 aliphatic heterocycles. The first-order valence-electron chi connectivity index (χ1n) is 8.51. The summed E-state index contributed by atoms with van der Waals surface area (Å²) in [6.45, 7) is 3.01. The number of carbonyl (C=O) groups is 1. The topological polar surface area (TPSA) is 41.6 Å². The highest BCUT2D eigenvalue weighted by Crippen LogP contribution is 2.18. The average molecular weight is 324 g/mol. The summed E-state index contributed by atoms with van der Waals surface area (Å²) in [6, 6.07) is 20.8. The van der Waals surface area contributed by atoms with Crippen LogP contribution in [0.15, 0.2) is 60.7 Å². The van der Waals surface area contributed by atoms with Crippen molar-refractivity contribution < 1.29 is 9.53 Å². The third-order valence-corrected chi connectivity index (χ3v) is 4.35. The Morgan fingerprint density at radius 2 is 1.62 bits per heavy atom. The van der Waals surface area contributed by atoms with E-state index in [0.29, 0.717) is 32.8 Å². The fourth-order valence-corrected chi connectivity index (χ4v) is 2.98. The minimum absolute atomic E-state index is 0.124. The first-order valence-corrected chi connectivity index (χ1v) is 8.51. The molecular formula is C20H24N2O2. The van der Waals surface area contributed by atoms with Gasteiger partial charge in [0, 0.05) is 19.1 Å². The lowest BCUT2D eigenvalue weighted by Crippen LogP contribution is -2.45. The zero-order valence-corrected chi connectivity index (χ0v) is 13.9. The molecule has 4 nitrogen and oxygen atoms in total. The number of hydrogen-bond acceptors (Lipinski definition) is 3. The minimum atomic E-state index is 0.124. The molecule has 1 heterocycles. The second-order valence-corrected chi connectivity index (χ2v) is 6.03. The zero-order chi connectivity index (χ0) is 16.6. The Labute approximate surface area is 143 Å². The molecule has 0 radical (unpaired) electrons. The number of morpholine rings is 1. The molecule has 0 spiro atoms. The molecule has 1 atom stereocenters. The minimum Gasteiger partial charge on any atom is -0.378 e. The summed E-state index contributed by atoms with van der Waals surface area (Å²) in [7, 11) is 0. The van der Waals surface area contributed by atoms with Crippen molar-refractivity contribution in [2.45, 2.75) is 12.5 Å². The van der Waals surface area contributed by atoms with Crippen LogP contribution in [0.25, 0.3) is 0 Å². The van der Waals surface area contributed by atoms with Crippen molar-refractivity contribution in [1.29, 1.82) is 0 Å². The van der Waals surface area contributed by atoms with Gasteiger partial charge in [-0.1, -0.05) is 60.7 Å². The molecule has 0 unspecified atom stereocenters. The molecule has 4 heteroatoms. The smallest absolute Gasteiger partial charge is 0.236 e. The van der Waals surface area contributed by atoms with Crippen LogP contribution in [-0.2, 0) is 16.0 Å². The monoisotopic (exact) mass is 324 g/mol. The van der Waals surface area contributed by atoms with Crippen molar-refractivity contribution >= 4 is 5.91 Å². The number of nitrogens with zero attached hydrogens (tertiary/aromatic N) is 1. The highest BCUT2D eigenvalue weighted by molar-refractivity contribution is 5.78. The summed E-state index contributed by atoms with van der Waals surface area (Å²) >= 11 is 0. The van der Waals surface area contributed by atoms with Gasteiger partial charge in [0.1, 0.15) is 0 Å². The van der Waals surface area contributed by atoms with E-state index in [-0.39, 0.29) is 11.9 Å². The number of carbonyl (C=O) groups excluding carboxylic acids is 1. The molecule has 0 aliphatic carbocycles. The zero-order valence-electron chi connectivity index (χ0n) is 13.9.